The normalized spacial score (nSPS) is 11.1. The van der Waals surface area contributed by atoms with Gasteiger partial charge in [0.1, 0.15) is 0 Å². The van der Waals surface area contributed by atoms with Crippen LogP contribution in [0.4, 0.5) is 0 Å². The fraction of sp³-hybridized carbons (Fsp3) is 1.00. The van der Waals surface area contributed by atoms with Crippen LogP contribution in [0.1, 0.15) is 19.8 Å². The molecule has 0 aliphatic heterocycles. The Balaban J connectivity index is -0.000000245. The van der Waals surface area contributed by atoms with E-state index in [4.69, 9.17) is 11.6 Å². The summed E-state index contributed by atoms with van der Waals surface area (Å²) in [6, 6.07) is 0.249. The molecule has 0 amide bonds. The minimum Gasteiger partial charge on any atom is -0.328 e. The Labute approximate surface area is 74.3 Å². The van der Waals surface area contributed by atoms with Crippen molar-refractivity contribution in [3.63, 3.8) is 0 Å². The van der Waals surface area contributed by atoms with E-state index in [1.165, 1.54) is 0 Å². The summed E-state index contributed by atoms with van der Waals surface area (Å²) in [6.07, 6.45) is 1.84. The van der Waals surface area contributed by atoms with Crippen LogP contribution in [0.3, 0.4) is 0 Å². The zero-order valence-electron chi connectivity index (χ0n) is 6.08. The molecule has 0 saturated heterocycles. The van der Waals surface area contributed by atoms with Crippen molar-refractivity contribution >= 4 is 24.8 Å². The molecule has 0 heterocycles. The monoisotopic (exact) mass is 190 g/mol. The van der Waals surface area contributed by atoms with E-state index in [1.54, 1.807) is 0 Å². The van der Waals surface area contributed by atoms with Crippen molar-refractivity contribution in [2.75, 3.05) is 6.61 Å². The quantitative estimate of drug-likeness (QED) is 0.647. The van der Waals surface area contributed by atoms with Gasteiger partial charge in [-0.15, -0.1) is 24.8 Å². The van der Waals surface area contributed by atoms with Crippen LogP contribution >= 0.6 is 24.8 Å². The molecule has 0 aromatic heterocycles. The molecule has 5 heteroatoms. The molecule has 0 aromatic carbocycles. The number of hydrogen-bond acceptors (Lipinski definition) is 3. The minimum atomic E-state index is 0. The SMILES string of the molecule is CCC(N)CCON.Cl.Cl. The largest absolute Gasteiger partial charge is 0.328 e. The Kier molecular flexibility index (Phi) is 20.5. The van der Waals surface area contributed by atoms with Gasteiger partial charge in [0.25, 0.3) is 0 Å². The Morgan fingerprint density at radius 3 is 2.20 bits per heavy atom. The summed E-state index contributed by atoms with van der Waals surface area (Å²) in [7, 11) is 0. The van der Waals surface area contributed by atoms with E-state index in [2.05, 4.69) is 4.84 Å². The number of rotatable bonds is 4. The maximum absolute atomic E-state index is 5.52. The summed E-state index contributed by atoms with van der Waals surface area (Å²) in [6.45, 7) is 2.61. The lowest BCUT2D eigenvalue weighted by Crippen LogP contribution is -2.21. The van der Waals surface area contributed by atoms with Gasteiger partial charge in [-0.1, -0.05) is 6.92 Å². The molecule has 0 aliphatic carbocycles. The van der Waals surface area contributed by atoms with Crippen molar-refractivity contribution in [1.82, 2.24) is 0 Å². The molecule has 3 nitrogen and oxygen atoms in total. The van der Waals surface area contributed by atoms with Crippen molar-refractivity contribution in [2.24, 2.45) is 11.6 Å². The smallest absolute Gasteiger partial charge is 0.0694 e. The lowest BCUT2D eigenvalue weighted by Gasteiger charge is -2.04. The average molecular weight is 191 g/mol. The van der Waals surface area contributed by atoms with Gasteiger partial charge in [-0.25, -0.2) is 5.90 Å². The molecule has 1 atom stereocenters. The van der Waals surface area contributed by atoms with E-state index in [-0.39, 0.29) is 30.9 Å². The van der Waals surface area contributed by atoms with Crippen molar-refractivity contribution < 1.29 is 4.84 Å². The maximum atomic E-state index is 5.52. The first kappa shape index (κ1) is 16.8. The summed E-state index contributed by atoms with van der Waals surface area (Å²) in [5.41, 5.74) is 5.52. The van der Waals surface area contributed by atoms with Crippen LogP contribution in [0.15, 0.2) is 0 Å². The molecule has 4 N–H and O–H groups in total. The third-order valence-electron chi connectivity index (χ3n) is 1.13. The highest BCUT2D eigenvalue weighted by molar-refractivity contribution is 5.85. The number of hydrogen-bond donors (Lipinski definition) is 2. The lowest BCUT2D eigenvalue weighted by atomic mass is 10.2. The van der Waals surface area contributed by atoms with Gasteiger partial charge < -0.3 is 10.6 Å². The van der Waals surface area contributed by atoms with Crippen LogP contribution in [0, 0.1) is 0 Å². The first-order valence-electron chi connectivity index (χ1n) is 2.88. The lowest BCUT2D eigenvalue weighted by molar-refractivity contribution is 0.130. The molecule has 0 saturated carbocycles. The van der Waals surface area contributed by atoms with Crippen LogP contribution in [0.2, 0.25) is 0 Å². The van der Waals surface area contributed by atoms with Gasteiger partial charge in [-0.2, -0.15) is 0 Å². The molecule has 0 aliphatic rings. The molecular formula is C5H16Cl2N2O. The highest BCUT2D eigenvalue weighted by atomic mass is 35.5. The Morgan fingerprint density at radius 2 is 1.90 bits per heavy atom. The minimum absolute atomic E-state index is 0. The molecular weight excluding hydrogens is 175 g/mol. The van der Waals surface area contributed by atoms with E-state index in [0.717, 1.165) is 12.8 Å². The molecule has 0 spiro atoms. The summed E-state index contributed by atoms with van der Waals surface area (Å²) in [5.74, 6) is 4.78. The predicted octanol–water partition coefficient (Wildman–Crippen LogP) is 0.848. The molecule has 0 bridgehead atoms. The zero-order valence-corrected chi connectivity index (χ0v) is 7.71. The van der Waals surface area contributed by atoms with Crippen LogP contribution in [0.5, 0.6) is 0 Å². The fourth-order valence-corrected chi connectivity index (χ4v) is 0.424. The summed E-state index contributed by atoms with van der Waals surface area (Å²) >= 11 is 0. The van der Waals surface area contributed by atoms with Gasteiger partial charge in [0, 0.05) is 6.04 Å². The molecule has 66 valence electrons. The predicted molar refractivity (Wildman–Crippen MR) is 47.5 cm³/mol. The Hall–Kier alpha value is 0.460. The molecule has 0 aromatic rings. The van der Waals surface area contributed by atoms with E-state index in [9.17, 15) is 0 Å². The van der Waals surface area contributed by atoms with Crippen LogP contribution in [-0.4, -0.2) is 12.6 Å². The Bertz CT molecular complexity index is 56.9. The molecule has 0 fully saturated rings. The highest BCUT2D eigenvalue weighted by Crippen LogP contribution is 1.90. The third kappa shape index (κ3) is 11.3. The summed E-state index contributed by atoms with van der Waals surface area (Å²) < 4.78 is 0. The molecule has 0 rings (SSSR count). The van der Waals surface area contributed by atoms with Crippen LogP contribution in [-0.2, 0) is 4.84 Å². The van der Waals surface area contributed by atoms with Gasteiger partial charge in [0.15, 0.2) is 0 Å². The van der Waals surface area contributed by atoms with Crippen LogP contribution < -0.4 is 11.6 Å². The van der Waals surface area contributed by atoms with E-state index in [0.29, 0.717) is 6.61 Å². The molecule has 1 unspecified atom stereocenters. The van der Waals surface area contributed by atoms with Gasteiger partial charge in [-0.3, -0.25) is 0 Å². The first-order valence-corrected chi connectivity index (χ1v) is 2.88. The average Bonchev–Trinajstić information content (AvgIpc) is 1.83. The molecule has 10 heavy (non-hydrogen) atoms. The maximum Gasteiger partial charge on any atom is 0.0694 e. The zero-order chi connectivity index (χ0) is 6.41. The highest BCUT2D eigenvalue weighted by Gasteiger charge is 1.95. The fourth-order valence-electron chi connectivity index (χ4n) is 0.424. The number of nitrogens with two attached hydrogens (primary N) is 2. The summed E-state index contributed by atoms with van der Waals surface area (Å²) in [5, 5.41) is 0. The second-order valence-electron chi connectivity index (χ2n) is 1.83. The first-order chi connectivity index (χ1) is 3.81. The van der Waals surface area contributed by atoms with Gasteiger partial charge >= 0.3 is 0 Å². The van der Waals surface area contributed by atoms with E-state index in [1.807, 2.05) is 6.92 Å². The standard InChI is InChI=1S/C5H14N2O.2ClH/c1-2-5(6)3-4-8-7;;/h5H,2-4,6-7H2,1H3;2*1H. The Morgan fingerprint density at radius 1 is 1.40 bits per heavy atom. The van der Waals surface area contributed by atoms with Gasteiger partial charge in [-0.05, 0) is 12.8 Å². The molecule has 0 radical (unpaired) electrons. The van der Waals surface area contributed by atoms with E-state index < -0.39 is 0 Å². The van der Waals surface area contributed by atoms with E-state index >= 15 is 0 Å². The van der Waals surface area contributed by atoms with Gasteiger partial charge in [0.05, 0.1) is 6.61 Å². The van der Waals surface area contributed by atoms with Crippen LogP contribution in [0.25, 0.3) is 0 Å². The van der Waals surface area contributed by atoms with Crippen molar-refractivity contribution in [3.05, 3.63) is 0 Å². The summed E-state index contributed by atoms with van der Waals surface area (Å²) in [4.78, 5) is 4.33. The van der Waals surface area contributed by atoms with Crippen molar-refractivity contribution in [1.29, 1.82) is 0 Å². The number of halogens is 2. The van der Waals surface area contributed by atoms with Gasteiger partial charge in [0.2, 0.25) is 0 Å². The van der Waals surface area contributed by atoms with Crippen molar-refractivity contribution in [3.8, 4) is 0 Å². The second kappa shape index (κ2) is 12.2. The topological polar surface area (TPSA) is 61.3 Å². The second-order valence-corrected chi connectivity index (χ2v) is 1.83. The third-order valence-corrected chi connectivity index (χ3v) is 1.13. The van der Waals surface area contributed by atoms with Crippen molar-refractivity contribution in [2.45, 2.75) is 25.8 Å².